The summed E-state index contributed by atoms with van der Waals surface area (Å²) in [6.07, 6.45) is 7.69. The van der Waals surface area contributed by atoms with E-state index >= 15 is 0 Å². The molecule has 0 aliphatic carbocycles. The number of imidazole rings is 1. The van der Waals surface area contributed by atoms with Crippen LogP contribution in [0.3, 0.4) is 0 Å². The number of nitrogens with zero attached hydrogens (tertiary/aromatic N) is 2. The van der Waals surface area contributed by atoms with E-state index in [1.807, 2.05) is 17.7 Å². The third kappa shape index (κ3) is 4.82. The Morgan fingerprint density at radius 2 is 2.41 bits per heavy atom. The first-order valence-corrected chi connectivity index (χ1v) is 5.75. The lowest BCUT2D eigenvalue weighted by Gasteiger charge is -2.13. The van der Waals surface area contributed by atoms with Crippen LogP contribution in [0.2, 0.25) is 0 Å². The third-order valence-electron chi connectivity index (χ3n) is 2.51. The zero-order valence-electron chi connectivity index (χ0n) is 10.3. The van der Waals surface area contributed by atoms with Crippen LogP contribution in [0.4, 0.5) is 0 Å². The zero-order chi connectivity index (χ0) is 12.7. The number of aromatic nitrogens is 2. The van der Waals surface area contributed by atoms with Crippen LogP contribution in [-0.2, 0) is 11.3 Å². The summed E-state index contributed by atoms with van der Waals surface area (Å²) < 4.78 is 1.99. The molecule has 1 aromatic heterocycles. The molecule has 2 N–H and O–H groups in total. The molecule has 94 valence electrons. The monoisotopic (exact) mass is 237 g/mol. The molecule has 0 saturated carbocycles. The van der Waals surface area contributed by atoms with Crippen molar-refractivity contribution in [3.05, 3.63) is 30.4 Å². The smallest absolute Gasteiger partial charge is 0.331 e. The summed E-state index contributed by atoms with van der Waals surface area (Å²) >= 11 is 0. The van der Waals surface area contributed by atoms with Crippen LogP contribution in [0.1, 0.15) is 20.3 Å². The van der Waals surface area contributed by atoms with Crippen molar-refractivity contribution in [3.8, 4) is 0 Å². The number of rotatable bonds is 7. The number of carboxylic acid groups (broad SMARTS) is 1. The minimum atomic E-state index is -0.837. The molecule has 5 nitrogen and oxygen atoms in total. The molecule has 0 aromatic carbocycles. The zero-order valence-corrected chi connectivity index (χ0v) is 10.3. The van der Waals surface area contributed by atoms with E-state index in [0.29, 0.717) is 18.5 Å². The van der Waals surface area contributed by atoms with E-state index in [1.54, 1.807) is 18.6 Å². The maximum absolute atomic E-state index is 10.8. The second kappa shape index (κ2) is 6.85. The Kier molecular flexibility index (Phi) is 5.42. The number of carboxylic acids is 1. The Morgan fingerprint density at radius 3 is 2.94 bits per heavy atom. The molecule has 0 radical (unpaired) electrons. The summed E-state index contributed by atoms with van der Waals surface area (Å²) in [7, 11) is 0. The average molecular weight is 237 g/mol. The van der Waals surface area contributed by atoms with Gasteiger partial charge < -0.3 is 15.0 Å². The molecule has 5 heteroatoms. The fourth-order valence-electron chi connectivity index (χ4n) is 1.54. The molecule has 0 bridgehead atoms. The lowest BCUT2D eigenvalue weighted by Crippen LogP contribution is -2.30. The minimum Gasteiger partial charge on any atom is -0.478 e. The van der Waals surface area contributed by atoms with Gasteiger partial charge in [-0.1, -0.05) is 13.0 Å². The molecule has 1 unspecified atom stereocenters. The van der Waals surface area contributed by atoms with Crippen molar-refractivity contribution in [2.45, 2.75) is 32.9 Å². The van der Waals surface area contributed by atoms with E-state index in [-0.39, 0.29) is 6.04 Å². The summed E-state index contributed by atoms with van der Waals surface area (Å²) in [4.78, 5) is 14.7. The predicted octanol–water partition coefficient (Wildman–Crippen LogP) is 1.28. The van der Waals surface area contributed by atoms with Crippen LogP contribution in [0.5, 0.6) is 0 Å². The SMILES string of the molecule is CC/C(=C/CNC(C)Cn1ccnc1)C(=O)O. The van der Waals surface area contributed by atoms with Crippen molar-refractivity contribution < 1.29 is 9.90 Å². The van der Waals surface area contributed by atoms with Gasteiger partial charge in [-0.15, -0.1) is 0 Å². The van der Waals surface area contributed by atoms with Gasteiger partial charge in [-0.25, -0.2) is 9.78 Å². The maximum atomic E-state index is 10.8. The molecule has 0 saturated heterocycles. The Balaban J connectivity index is 2.33. The van der Waals surface area contributed by atoms with E-state index in [0.717, 1.165) is 6.54 Å². The number of aliphatic carboxylic acids is 1. The lowest BCUT2D eigenvalue weighted by atomic mass is 10.2. The summed E-state index contributed by atoms with van der Waals surface area (Å²) in [5, 5.41) is 12.1. The second-order valence-electron chi connectivity index (χ2n) is 3.96. The highest BCUT2D eigenvalue weighted by Crippen LogP contribution is 1.99. The van der Waals surface area contributed by atoms with Crippen molar-refractivity contribution >= 4 is 5.97 Å². The first-order valence-electron chi connectivity index (χ1n) is 5.75. The van der Waals surface area contributed by atoms with Gasteiger partial charge in [0.2, 0.25) is 0 Å². The van der Waals surface area contributed by atoms with Crippen molar-refractivity contribution in [2.75, 3.05) is 6.54 Å². The van der Waals surface area contributed by atoms with Crippen LogP contribution >= 0.6 is 0 Å². The Labute approximate surface area is 101 Å². The van der Waals surface area contributed by atoms with Crippen LogP contribution in [-0.4, -0.2) is 33.2 Å². The van der Waals surface area contributed by atoms with Crippen molar-refractivity contribution in [3.63, 3.8) is 0 Å². The van der Waals surface area contributed by atoms with E-state index in [4.69, 9.17) is 5.11 Å². The normalized spacial score (nSPS) is 13.6. The molecule has 0 aliphatic rings. The molecule has 0 spiro atoms. The van der Waals surface area contributed by atoms with Gasteiger partial charge in [0.05, 0.1) is 6.33 Å². The first kappa shape index (κ1) is 13.4. The molecular weight excluding hydrogens is 218 g/mol. The highest BCUT2D eigenvalue weighted by atomic mass is 16.4. The molecule has 0 aliphatic heterocycles. The van der Waals surface area contributed by atoms with Crippen LogP contribution in [0.25, 0.3) is 0 Å². The summed E-state index contributed by atoms with van der Waals surface area (Å²) in [6, 6.07) is 0.271. The van der Waals surface area contributed by atoms with Gasteiger partial charge in [0, 0.05) is 37.1 Å². The summed E-state index contributed by atoms with van der Waals surface area (Å²) in [5.41, 5.74) is 0.451. The van der Waals surface area contributed by atoms with Gasteiger partial charge in [0.15, 0.2) is 0 Å². The van der Waals surface area contributed by atoms with Crippen LogP contribution in [0.15, 0.2) is 30.4 Å². The quantitative estimate of drug-likeness (QED) is 0.701. The molecule has 0 amide bonds. The Hall–Kier alpha value is -1.62. The number of hydrogen-bond donors (Lipinski definition) is 2. The fraction of sp³-hybridized carbons (Fsp3) is 0.500. The van der Waals surface area contributed by atoms with E-state index in [2.05, 4.69) is 17.2 Å². The standard InChI is InChI=1S/C12H19N3O2/c1-3-11(12(16)17)4-5-14-10(2)8-15-7-6-13-9-15/h4,6-7,9-10,14H,3,5,8H2,1-2H3,(H,16,17)/b11-4-. The Bertz CT molecular complexity index is 371. The highest BCUT2D eigenvalue weighted by molar-refractivity contribution is 5.86. The third-order valence-corrected chi connectivity index (χ3v) is 2.51. The molecule has 1 aromatic rings. The van der Waals surface area contributed by atoms with Gasteiger partial charge >= 0.3 is 5.97 Å². The topological polar surface area (TPSA) is 67.2 Å². The Morgan fingerprint density at radius 1 is 1.65 bits per heavy atom. The largest absolute Gasteiger partial charge is 0.478 e. The van der Waals surface area contributed by atoms with Crippen LogP contribution < -0.4 is 5.32 Å². The number of nitrogens with one attached hydrogen (secondary N) is 1. The molecule has 0 fully saturated rings. The minimum absolute atomic E-state index is 0.271. The maximum Gasteiger partial charge on any atom is 0.331 e. The van der Waals surface area contributed by atoms with E-state index in [1.165, 1.54) is 0 Å². The van der Waals surface area contributed by atoms with Gasteiger partial charge in [-0.05, 0) is 13.3 Å². The van der Waals surface area contributed by atoms with Gasteiger partial charge in [0.25, 0.3) is 0 Å². The molecule has 1 atom stereocenters. The molecular formula is C12H19N3O2. The van der Waals surface area contributed by atoms with Gasteiger partial charge in [-0.2, -0.15) is 0 Å². The van der Waals surface area contributed by atoms with Gasteiger partial charge in [-0.3, -0.25) is 0 Å². The van der Waals surface area contributed by atoms with E-state index in [9.17, 15) is 4.79 Å². The first-order chi connectivity index (χ1) is 8.13. The number of hydrogen-bond acceptors (Lipinski definition) is 3. The van der Waals surface area contributed by atoms with E-state index < -0.39 is 5.97 Å². The fourth-order valence-corrected chi connectivity index (χ4v) is 1.54. The molecule has 1 rings (SSSR count). The van der Waals surface area contributed by atoms with Crippen molar-refractivity contribution in [1.82, 2.24) is 14.9 Å². The summed E-state index contributed by atoms with van der Waals surface area (Å²) in [5.74, 6) is -0.837. The highest BCUT2D eigenvalue weighted by Gasteiger charge is 2.04. The second-order valence-corrected chi connectivity index (χ2v) is 3.96. The van der Waals surface area contributed by atoms with Crippen molar-refractivity contribution in [2.24, 2.45) is 0 Å². The molecule has 17 heavy (non-hydrogen) atoms. The van der Waals surface area contributed by atoms with Crippen molar-refractivity contribution in [1.29, 1.82) is 0 Å². The average Bonchev–Trinajstić information content (AvgIpc) is 2.76. The molecule has 1 heterocycles. The van der Waals surface area contributed by atoms with Gasteiger partial charge in [0.1, 0.15) is 0 Å². The number of carbonyl (C=O) groups is 1. The summed E-state index contributed by atoms with van der Waals surface area (Å²) in [6.45, 7) is 5.29. The van der Waals surface area contributed by atoms with Crippen LogP contribution in [0, 0.1) is 0 Å². The lowest BCUT2D eigenvalue weighted by molar-refractivity contribution is -0.132. The predicted molar refractivity (Wildman–Crippen MR) is 65.7 cm³/mol.